The summed E-state index contributed by atoms with van der Waals surface area (Å²) in [5, 5.41) is 4.64. The first-order valence-electron chi connectivity index (χ1n) is 12.4. The first kappa shape index (κ1) is 21.3. The molecule has 1 atom stereocenters. The summed E-state index contributed by atoms with van der Waals surface area (Å²) in [5.41, 5.74) is 3.51. The van der Waals surface area contributed by atoms with Crippen LogP contribution in [0.15, 0.2) is 36.5 Å². The van der Waals surface area contributed by atoms with Crippen LogP contribution in [-0.2, 0) is 13.1 Å². The number of hydrogen-bond acceptors (Lipinski definition) is 7. The standard InChI is InChI=1S/C26H31N7O/c1-17(2)33-16-21-23(25(33)34)29-26(32-11-10-31-9-5-7-20(31)15-32)30-24(21)28-14-18-12-19-6-3-4-8-22(19)27-13-18/h3-4,6,8,12-13,17,20H,5,7,9-11,14-16H2,1-2H3,(H,28,29,30). The summed E-state index contributed by atoms with van der Waals surface area (Å²) in [6.07, 6.45) is 4.39. The number of piperazine rings is 1. The first-order chi connectivity index (χ1) is 16.6. The third-order valence-corrected chi connectivity index (χ3v) is 7.39. The molecular weight excluding hydrogens is 426 g/mol. The quantitative estimate of drug-likeness (QED) is 0.630. The number of pyridine rings is 1. The number of nitrogens with zero attached hydrogens (tertiary/aromatic N) is 6. The molecule has 6 rings (SSSR count). The molecule has 3 aromatic rings. The van der Waals surface area contributed by atoms with E-state index in [1.54, 1.807) is 0 Å². The Labute approximate surface area is 200 Å². The lowest BCUT2D eigenvalue weighted by molar-refractivity contribution is 0.0726. The largest absolute Gasteiger partial charge is 0.365 e. The Balaban J connectivity index is 1.31. The topological polar surface area (TPSA) is 77.5 Å². The van der Waals surface area contributed by atoms with Gasteiger partial charge in [-0.1, -0.05) is 18.2 Å². The molecule has 0 spiro atoms. The van der Waals surface area contributed by atoms with Crippen LogP contribution in [0.2, 0.25) is 0 Å². The maximum Gasteiger partial charge on any atom is 0.273 e. The Morgan fingerprint density at radius 1 is 1.15 bits per heavy atom. The number of rotatable bonds is 5. The normalized spacial score (nSPS) is 20.3. The van der Waals surface area contributed by atoms with Gasteiger partial charge in [0, 0.05) is 55.4 Å². The molecule has 8 heteroatoms. The number of benzene rings is 1. The van der Waals surface area contributed by atoms with Crippen LogP contribution in [0.1, 0.15) is 48.3 Å². The maximum atomic E-state index is 13.2. The summed E-state index contributed by atoms with van der Waals surface area (Å²) in [5.74, 6) is 1.44. The highest BCUT2D eigenvalue weighted by Gasteiger charge is 2.36. The van der Waals surface area contributed by atoms with Gasteiger partial charge in [0.2, 0.25) is 5.95 Å². The lowest BCUT2D eigenvalue weighted by Crippen LogP contribution is -2.50. The van der Waals surface area contributed by atoms with Gasteiger partial charge < -0.3 is 15.1 Å². The van der Waals surface area contributed by atoms with Crippen LogP contribution in [0.25, 0.3) is 10.9 Å². The maximum absolute atomic E-state index is 13.2. The Hall–Kier alpha value is -3.26. The summed E-state index contributed by atoms with van der Waals surface area (Å²) in [6, 6.07) is 11.0. The van der Waals surface area contributed by atoms with Crippen molar-refractivity contribution >= 4 is 28.6 Å². The summed E-state index contributed by atoms with van der Waals surface area (Å²) < 4.78 is 0. The summed E-state index contributed by atoms with van der Waals surface area (Å²) in [7, 11) is 0. The van der Waals surface area contributed by atoms with Gasteiger partial charge in [0.15, 0.2) is 0 Å². The molecular formula is C26H31N7O. The van der Waals surface area contributed by atoms with E-state index in [4.69, 9.17) is 9.97 Å². The van der Waals surface area contributed by atoms with Crippen LogP contribution in [0.3, 0.4) is 0 Å². The fraction of sp³-hybridized carbons (Fsp3) is 0.462. The van der Waals surface area contributed by atoms with Crippen molar-refractivity contribution in [3.63, 3.8) is 0 Å². The SMILES string of the molecule is CC(C)N1Cc2c(NCc3cnc4ccccc4c3)nc(N3CCN4CCCC4C3)nc2C1=O. The van der Waals surface area contributed by atoms with E-state index in [0.717, 1.165) is 47.5 Å². The van der Waals surface area contributed by atoms with Crippen molar-refractivity contribution in [3.05, 3.63) is 53.3 Å². The second-order valence-corrected chi connectivity index (χ2v) is 9.89. The van der Waals surface area contributed by atoms with Gasteiger partial charge in [-0.15, -0.1) is 0 Å². The van der Waals surface area contributed by atoms with Gasteiger partial charge in [-0.3, -0.25) is 14.7 Å². The third-order valence-electron chi connectivity index (χ3n) is 7.39. The molecule has 2 saturated heterocycles. The number of carbonyl (C=O) groups excluding carboxylic acids is 1. The molecule has 2 fully saturated rings. The molecule has 1 unspecified atom stereocenters. The second kappa shape index (κ2) is 8.51. The minimum absolute atomic E-state index is 0.00331. The van der Waals surface area contributed by atoms with Gasteiger partial charge in [0.1, 0.15) is 11.5 Å². The number of anilines is 2. The highest BCUT2D eigenvalue weighted by molar-refractivity contribution is 5.98. The Morgan fingerprint density at radius 3 is 2.91 bits per heavy atom. The van der Waals surface area contributed by atoms with Crippen molar-refractivity contribution in [2.75, 3.05) is 36.4 Å². The van der Waals surface area contributed by atoms with Crippen molar-refractivity contribution in [2.45, 2.75) is 51.9 Å². The van der Waals surface area contributed by atoms with Gasteiger partial charge in [-0.2, -0.15) is 4.98 Å². The minimum atomic E-state index is 0.00331. The second-order valence-electron chi connectivity index (χ2n) is 9.89. The molecule has 3 aliphatic heterocycles. The van der Waals surface area contributed by atoms with Gasteiger partial charge in [0.05, 0.1) is 12.1 Å². The number of para-hydroxylation sites is 1. The third kappa shape index (κ3) is 3.76. The molecule has 176 valence electrons. The number of aromatic nitrogens is 3. The van der Waals surface area contributed by atoms with E-state index >= 15 is 0 Å². The van der Waals surface area contributed by atoms with Crippen LogP contribution in [0.4, 0.5) is 11.8 Å². The van der Waals surface area contributed by atoms with Gasteiger partial charge in [-0.05, 0) is 50.9 Å². The van der Waals surface area contributed by atoms with Crippen molar-refractivity contribution in [1.82, 2.24) is 24.8 Å². The average Bonchev–Trinajstić information content (AvgIpc) is 3.46. The number of fused-ring (bicyclic) bond motifs is 3. The van der Waals surface area contributed by atoms with Crippen molar-refractivity contribution in [3.8, 4) is 0 Å². The molecule has 1 aromatic carbocycles. The molecule has 2 aromatic heterocycles. The molecule has 1 N–H and O–H groups in total. The van der Waals surface area contributed by atoms with Crippen molar-refractivity contribution < 1.29 is 4.79 Å². The Kier molecular flexibility index (Phi) is 5.32. The van der Waals surface area contributed by atoms with E-state index in [-0.39, 0.29) is 11.9 Å². The fourth-order valence-corrected chi connectivity index (χ4v) is 5.45. The zero-order chi connectivity index (χ0) is 23.2. The van der Waals surface area contributed by atoms with Gasteiger partial charge >= 0.3 is 0 Å². The molecule has 1 amide bonds. The lowest BCUT2D eigenvalue weighted by Gasteiger charge is -2.37. The van der Waals surface area contributed by atoms with Crippen LogP contribution in [-0.4, -0.2) is 68.9 Å². The van der Waals surface area contributed by atoms with Crippen LogP contribution < -0.4 is 10.2 Å². The van der Waals surface area contributed by atoms with Crippen molar-refractivity contribution in [1.29, 1.82) is 0 Å². The highest BCUT2D eigenvalue weighted by atomic mass is 16.2. The molecule has 5 heterocycles. The lowest BCUT2D eigenvalue weighted by atomic mass is 10.1. The van der Waals surface area contributed by atoms with Crippen LogP contribution in [0.5, 0.6) is 0 Å². The molecule has 0 saturated carbocycles. The number of carbonyl (C=O) groups is 1. The predicted molar refractivity (Wildman–Crippen MR) is 133 cm³/mol. The fourth-order valence-electron chi connectivity index (χ4n) is 5.45. The monoisotopic (exact) mass is 457 g/mol. The molecule has 8 nitrogen and oxygen atoms in total. The number of hydrogen-bond donors (Lipinski definition) is 1. The van der Waals surface area contributed by atoms with E-state index in [2.05, 4.69) is 32.2 Å². The molecule has 34 heavy (non-hydrogen) atoms. The van der Waals surface area contributed by atoms with Gasteiger partial charge in [0.25, 0.3) is 5.91 Å². The number of amides is 1. The summed E-state index contributed by atoms with van der Waals surface area (Å²) >= 11 is 0. The van der Waals surface area contributed by atoms with E-state index in [0.29, 0.717) is 30.8 Å². The summed E-state index contributed by atoms with van der Waals surface area (Å²) in [6.45, 7) is 9.27. The van der Waals surface area contributed by atoms with E-state index in [1.165, 1.54) is 19.4 Å². The van der Waals surface area contributed by atoms with Crippen LogP contribution in [0, 0.1) is 0 Å². The van der Waals surface area contributed by atoms with E-state index < -0.39 is 0 Å². The van der Waals surface area contributed by atoms with Gasteiger partial charge in [-0.25, -0.2) is 4.98 Å². The van der Waals surface area contributed by atoms with Crippen molar-refractivity contribution in [2.24, 2.45) is 0 Å². The molecule has 3 aliphatic rings. The predicted octanol–water partition coefficient (Wildman–Crippen LogP) is 3.29. The Bertz CT molecular complexity index is 1240. The Morgan fingerprint density at radius 2 is 2.03 bits per heavy atom. The number of nitrogens with one attached hydrogen (secondary N) is 1. The summed E-state index contributed by atoms with van der Waals surface area (Å²) in [4.78, 5) is 34.3. The smallest absolute Gasteiger partial charge is 0.273 e. The highest BCUT2D eigenvalue weighted by Crippen LogP contribution is 2.32. The van der Waals surface area contributed by atoms with Crippen LogP contribution >= 0.6 is 0 Å². The molecule has 0 radical (unpaired) electrons. The zero-order valence-electron chi connectivity index (χ0n) is 19.9. The first-order valence-corrected chi connectivity index (χ1v) is 12.4. The average molecular weight is 458 g/mol. The zero-order valence-corrected chi connectivity index (χ0v) is 19.9. The minimum Gasteiger partial charge on any atom is -0.365 e. The molecule has 0 aliphatic carbocycles. The van der Waals surface area contributed by atoms with E-state index in [1.807, 2.05) is 43.1 Å². The molecule has 0 bridgehead atoms. The van der Waals surface area contributed by atoms with E-state index in [9.17, 15) is 4.79 Å².